The van der Waals surface area contributed by atoms with Crippen LogP contribution < -0.4 is 5.32 Å². The molecule has 0 amide bonds. The van der Waals surface area contributed by atoms with Gasteiger partial charge in [-0.1, -0.05) is 37.6 Å². The van der Waals surface area contributed by atoms with E-state index in [1.165, 1.54) is 0 Å². The lowest BCUT2D eigenvalue weighted by Crippen LogP contribution is -2.33. The molecule has 1 rings (SSSR count). The first-order chi connectivity index (χ1) is 8.97. The maximum Gasteiger partial charge on any atom is 0.0779 e. The van der Waals surface area contributed by atoms with Crippen molar-refractivity contribution in [2.75, 3.05) is 18.8 Å². The largest absolute Gasteiger partial charge is 0.391 e. The zero-order valence-electron chi connectivity index (χ0n) is 11.4. The van der Waals surface area contributed by atoms with Crippen molar-refractivity contribution in [2.24, 2.45) is 5.92 Å². The Morgan fingerprint density at radius 1 is 1.26 bits per heavy atom. The van der Waals surface area contributed by atoms with E-state index in [-0.39, 0.29) is 0 Å². The van der Waals surface area contributed by atoms with Crippen molar-refractivity contribution < 1.29 is 9.32 Å². The minimum absolute atomic E-state index is 0.299. The number of benzene rings is 1. The number of aliphatic hydroxyl groups excluding tert-OH is 1. The lowest BCUT2D eigenvalue weighted by atomic mass is 10.2. The minimum atomic E-state index is -1.05. The van der Waals surface area contributed by atoms with E-state index in [0.717, 1.165) is 12.1 Å². The molecule has 0 aliphatic heterocycles. The molecule has 0 aromatic heterocycles. The predicted octanol–water partition coefficient (Wildman–Crippen LogP) is 2.20. The van der Waals surface area contributed by atoms with Crippen LogP contribution in [0.3, 0.4) is 0 Å². The Kier molecular flexibility index (Phi) is 7.61. The van der Waals surface area contributed by atoms with Gasteiger partial charge >= 0.3 is 0 Å². The third-order valence-electron chi connectivity index (χ3n) is 2.55. The second kappa shape index (κ2) is 8.69. The number of nitrogens with one attached hydrogen (secondary N) is 1. The van der Waals surface area contributed by atoms with E-state index in [1.807, 2.05) is 12.1 Å². The summed E-state index contributed by atoms with van der Waals surface area (Å²) in [5, 5.41) is 13.6. The van der Waals surface area contributed by atoms with E-state index in [0.29, 0.717) is 29.0 Å². The molecule has 0 spiro atoms. The van der Waals surface area contributed by atoms with Gasteiger partial charge in [-0.05, 0) is 30.2 Å². The van der Waals surface area contributed by atoms with E-state index in [1.54, 1.807) is 12.1 Å². The summed E-state index contributed by atoms with van der Waals surface area (Å²) < 4.78 is 11.9. The normalized spacial score (nSPS) is 14.6. The fraction of sp³-hybridized carbons (Fsp3) is 0.571. The highest BCUT2D eigenvalue weighted by molar-refractivity contribution is 7.84. The van der Waals surface area contributed by atoms with Crippen molar-refractivity contribution in [3.8, 4) is 0 Å². The van der Waals surface area contributed by atoms with Crippen molar-refractivity contribution in [1.29, 1.82) is 0 Å². The van der Waals surface area contributed by atoms with Gasteiger partial charge in [-0.3, -0.25) is 4.21 Å². The van der Waals surface area contributed by atoms with E-state index in [9.17, 15) is 9.32 Å². The molecule has 0 aliphatic carbocycles. The van der Waals surface area contributed by atoms with Gasteiger partial charge in [0.05, 0.1) is 11.9 Å². The van der Waals surface area contributed by atoms with Gasteiger partial charge in [0.2, 0.25) is 0 Å². The van der Waals surface area contributed by atoms with Crippen LogP contribution in [0.15, 0.2) is 24.3 Å². The number of rotatable bonds is 8. The summed E-state index contributed by atoms with van der Waals surface area (Å²) in [6, 6.07) is 7.30. The van der Waals surface area contributed by atoms with E-state index >= 15 is 0 Å². The van der Waals surface area contributed by atoms with Crippen LogP contribution in [0, 0.1) is 5.92 Å². The fourth-order valence-electron chi connectivity index (χ4n) is 1.64. The predicted molar refractivity (Wildman–Crippen MR) is 81.9 cm³/mol. The molecule has 0 saturated carbocycles. The van der Waals surface area contributed by atoms with Gasteiger partial charge in [-0.2, -0.15) is 0 Å². The molecule has 0 fully saturated rings. The molecule has 0 aliphatic rings. The number of aliphatic hydroxyl groups is 1. The monoisotopic (exact) mass is 303 g/mol. The molecule has 1 aromatic rings. The third kappa shape index (κ3) is 7.67. The van der Waals surface area contributed by atoms with Crippen molar-refractivity contribution in [3.63, 3.8) is 0 Å². The molecular formula is C14H22ClNO2S. The van der Waals surface area contributed by atoms with Crippen molar-refractivity contribution in [2.45, 2.75) is 25.7 Å². The van der Waals surface area contributed by atoms with Gasteiger partial charge in [0.25, 0.3) is 0 Å². The van der Waals surface area contributed by atoms with Crippen LogP contribution in [-0.2, 0) is 16.6 Å². The van der Waals surface area contributed by atoms with Crippen LogP contribution in [0.4, 0.5) is 0 Å². The van der Waals surface area contributed by atoms with Crippen molar-refractivity contribution in [1.82, 2.24) is 5.32 Å². The summed E-state index contributed by atoms with van der Waals surface area (Å²) in [7, 11) is -1.05. The lowest BCUT2D eigenvalue weighted by molar-refractivity contribution is 0.193. The maximum atomic E-state index is 11.9. The Morgan fingerprint density at radius 3 is 2.47 bits per heavy atom. The molecule has 5 heteroatoms. The molecule has 108 valence electrons. The molecule has 0 bridgehead atoms. The number of hydrogen-bond donors (Lipinski definition) is 2. The standard InChI is InChI=1S/C14H22ClNO2S/c1-11(2)7-16-8-14(17)10-19(18)9-12-3-5-13(15)6-4-12/h3-6,11,14,16-17H,7-10H2,1-2H3. The van der Waals surface area contributed by atoms with Crippen LogP contribution in [0.25, 0.3) is 0 Å². The molecule has 0 heterocycles. The average molecular weight is 304 g/mol. The molecule has 2 N–H and O–H groups in total. The highest BCUT2D eigenvalue weighted by Gasteiger charge is 2.10. The van der Waals surface area contributed by atoms with Gasteiger partial charge in [0, 0.05) is 28.1 Å². The van der Waals surface area contributed by atoms with Crippen LogP contribution in [0.1, 0.15) is 19.4 Å². The van der Waals surface area contributed by atoms with E-state index in [2.05, 4.69) is 19.2 Å². The first-order valence-corrected chi connectivity index (χ1v) is 8.32. The summed E-state index contributed by atoms with van der Waals surface area (Å²) in [5.41, 5.74) is 0.977. The zero-order chi connectivity index (χ0) is 14.3. The number of halogens is 1. The Bertz CT molecular complexity index is 395. The molecule has 2 unspecified atom stereocenters. The quantitative estimate of drug-likeness (QED) is 0.774. The van der Waals surface area contributed by atoms with E-state index < -0.39 is 16.9 Å². The van der Waals surface area contributed by atoms with Gasteiger partial charge in [-0.25, -0.2) is 0 Å². The topological polar surface area (TPSA) is 49.3 Å². The first kappa shape index (κ1) is 16.6. The highest BCUT2D eigenvalue weighted by Crippen LogP contribution is 2.11. The Morgan fingerprint density at radius 2 is 1.89 bits per heavy atom. The van der Waals surface area contributed by atoms with Gasteiger partial charge < -0.3 is 10.4 Å². The molecule has 3 nitrogen and oxygen atoms in total. The van der Waals surface area contributed by atoms with Crippen LogP contribution in [0.5, 0.6) is 0 Å². The third-order valence-corrected chi connectivity index (χ3v) is 4.22. The SMILES string of the molecule is CC(C)CNCC(O)CS(=O)Cc1ccc(Cl)cc1. The smallest absolute Gasteiger partial charge is 0.0779 e. The van der Waals surface area contributed by atoms with Crippen LogP contribution >= 0.6 is 11.6 Å². The lowest BCUT2D eigenvalue weighted by Gasteiger charge is -2.13. The summed E-state index contributed by atoms with van der Waals surface area (Å²) in [4.78, 5) is 0. The van der Waals surface area contributed by atoms with Gasteiger partial charge in [-0.15, -0.1) is 0 Å². The summed E-state index contributed by atoms with van der Waals surface area (Å²) >= 11 is 5.79. The summed E-state index contributed by atoms with van der Waals surface area (Å²) in [5.74, 6) is 1.30. The van der Waals surface area contributed by atoms with Gasteiger partial charge in [0.1, 0.15) is 0 Å². The summed E-state index contributed by atoms with van der Waals surface area (Å²) in [6.45, 7) is 5.57. The maximum absolute atomic E-state index is 11.9. The molecule has 2 atom stereocenters. The molecule has 1 aromatic carbocycles. The van der Waals surface area contributed by atoms with Crippen molar-refractivity contribution in [3.05, 3.63) is 34.9 Å². The Labute approximate surface area is 122 Å². The second-order valence-electron chi connectivity index (χ2n) is 5.08. The molecule has 0 radical (unpaired) electrons. The number of hydrogen-bond acceptors (Lipinski definition) is 3. The summed E-state index contributed by atoms with van der Waals surface area (Å²) in [6.07, 6.45) is -0.563. The minimum Gasteiger partial charge on any atom is -0.391 e. The van der Waals surface area contributed by atoms with Crippen LogP contribution in [-0.4, -0.2) is 34.3 Å². The zero-order valence-corrected chi connectivity index (χ0v) is 13.0. The second-order valence-corrected chi connectivity index (χ2v) is 7.02. The Balaban J connectivity index is 2.28. The molecule has 0 saturated heterocycles. The molecular weight excluding hydrogens is 282 g/mol. The van der Waals surface area contributed by atoms with Crippen LogP contribution in [0.2, 0.25) is 5.02 Å². The average Bonchev–Trinajstić information content (AvgIpc) is 2.31. The first-order valence-electron chi connectivity index (χ1n) is 6.45. The van der Waals surface area contributed by atoms with E-state index in [4.69, 9.17) is 11.6 Å². The highest BCUT2D eigenvalue weighted by atomic mass is 35.5. The molecule has 19 heavy (non-hydrogen) atoms. The van der Waals surface area contributed by atoms with Crippen molar-refractivity contribution >= 4 is 22.4 Å². The fourth-order valence-corrected chi connectivity index (χ4v) is 2.99. The van der Waals surface area contributed by atoms with Gasteiger partial charge in [0.15, 0.2) is 0 Å². The Hall–Kier alpha value is -0.420.